The summed E-state index contributed by atoms with van der Waals surface area (Å²) in [4.78, 5) is 26.3. The Morgan fingerprint density at radius 3 is 2.32 bits per heavy atom. The van der Waals surface area contributed by atoms with Gasteiger partial charge in [0, 0.05) is 6.54 Å². The first kappa shape index (κ1) is 21.3. The van der Waals surface area contributed by atoms with E-state index in [9.17, 15) is 22.8 Å². The Hall–Kier alpha value is -3.03. The smallest absolute Gasteiger partial charge is 0.418 e. The van der Waals surface area contributed by atoms with Crippen molar-refractivity contribution in [2.75, 3.05) is 25.0 Å². The molecule has 0 bridgehead atoms. The number of nitrogens with one attached hydrogen (secondary N) is 1. The van der Waals surface area contributed by atoms with Gasteiger partial charge in [-0.25, -0.2) is 0 Å². The zero-order valence-corrected chi connectivity index (χ0v) is 15.5. The number of halogens is 3. The Morgan fingerprint density at radius 1 is 1.04 bits per heavy atom. The highest BCUT2D eigenvalue weighted by Crippen LogP contribution is 2.34. The standard InChI is InChI=1S/C20H21F3N2O3/c1-3-25(19(27)14-9-5-8-12-17(14)28-4-2)13-18(26)24-16-11-7-6-10-15(16)20(21,22)23/h5-12H,3-4,13H2,1-2H3,(H,24,26). The Labute approximate surface area is 161 Å². The summed E-state index contributed by atoms with van der Waals surface area (Å²) in [6.07, 6.45) is -4.60. The van der Waals surface area contributed by atoms with Crippen molar-refractivity contribution in [1.82, 2.24) is 4.90 Å². The molecule has 150 valence electrons. The zero-order chi connectivity index (χ0) is 20.7. The second-order valence-electron chi connectivity index (χ2n) is 5.84. The summed E-state index contributed by atoms with van der Waals surface area (Å²) in [5.74, 6) is -0.775. The molecule has 1 N–H and O–H groups in total. The first-order valence-corrected chi connectivity index (χ1v) is 8.75. The summed E-state index contributed by atoms with van der Waals surface area (Å²) in [7, 11) is 0. The first-order chi connectivity index (χ1) is 13.3. The van der Waals surface area contributed by atoms with Crippen LogP contribution in [-0.4, -0.2) is 36.4 Å². The molecule has 0 spiro atoms. The van der Waals surface area contributed by atoms with Crippen LogP contribution in [0.15, 0.2) is 48.5 Å². The van der Waals surface area contributed by atoms with Crippen LogP contribution in [0.2, 0.25) is 0 Å². The summed E-state index contributed by atoms with van der Waals surface area (Å²) in [5, 5.41) is 2.24. The lowest BCUT2D eigenvalue weighted by molar-refractivity contribution is -0.137. The summed E-state index contributed by atoms with van der Waals surface area (Å²) < 4.78 is 44.6. The van der Waals surface area contributed by atoms with Gasteiger partial charge in [-0.2, -0.15) is 13.2 Å². The van der Waals surface area contributed by atoms with Crippen molar-refractivity contribution in [3.63, 3.8) is 0 Å². The molecular weight excluding hydrogens is 373 g/mol. The predicted molar refractivity (Wildman–Crippen MR) is 99.3 cm³/mol. The largest absolute Gasteiger partial charge is 0.493 e. The van der Waals surface area contributed by atoms with Crippen molar-refractivity contribution in [1.29, 1.82) is 0 Å². The van der Waals surface area contributed by atoms with Gasteiger partial charge in [0.15, 0.2) is 0 Å². The maximum absolute atomic E-state index is 13.1. The second-order valence-corrected chi connectivity index (χ2v) is 5.84. The topological polar surface area (TPSA) is 58.6 Å². The van der Waals surface area contributed by atoms with E-state index in [4.69, 9.17) is 4.74 Å². The molecule has 0 atom stereocenters. The van der Waals surface area contributed by atoms with Crippen molar-refractivity contribution in [2.45, 2.75) is 20.0 Å². The second kappa shape index (κ2) is 9.25. The van der Waals surface area contributed by atoms with Crippen molar-refractivity contribution in [2.24, 2.45) is 0 Å². The van der Waals surface area contributed by atoms with Crippen LogP contribution >= 0.6 is 0 Å². The molecule has 0 saturated heterocycles. The van der Waals surface area contributed by atoms with E-state index in [2.05, 4.69) is 5.32 Å². The average Bonchev–Trinajstić information content (AvgIpc) is 2.66. The lowest BCUT2D eigenvalue weighted by Gasteiger charge is -2.22. The fourth-order valence-corrected chi connectivity index (χ4v) is 2.62. The van der Waals surface area contributed by atoms with Gasteiger partial charge in [0.1, 0.15) is 12.3 Å². The minimum absolute atomic E-state index is 0.202. The van der Waals surface area contributed by atoms with Gasteiger partial charge in [-0.05, 0) is 38.1 Å². The van der Waals surface area contributed by atoms with E-state index in [1.54, 1.807) is 38.1 Å². The number of amides is 2. The van der Waals surface area contributed by atoms with E-state index in [0.717, 1.165) is 6.07 Å². The van der Waals surface area contributed by atoms with Crippen LogP contribution in [-0.2, 0) is 11.0 Å². The Morgan fingerprint density at radius 2 is 1.68 bits per heavy atom. The number of anilines is 1. The molecule has 28 heavy (non-hydrogen) atoms. The number of ether oxygens (including phenoxy) is 1. The molecule has 0 aromatic heterocycles. The molecule has 0 saturated carbocycles. The minimum Gasteiger partial charge on any atom is -0.493 e. The number of hydrogen-bond acceptors (Lipinski definition) is 3. The van der Waals surface area contributed by atoms with E-state index in [1.165, 1.54) is 23.1 Å². The summed E-state index contributed by atoms with van der Waals surface area (Å²) in [6, 6.07) is 11.3. The molecule has 2 rings (SSSR count). The molecule has 0 aliphatic rings. The molecule has 2 aromatic carbocycles. The van der Waals surface area contributed by atoms with E-state index in [0.29, 0.717) is 12.4 Å². The Kier molecular flexibility index (Phi) is 7.03. The monoisotopic (exact) mass is 394 g/mol. The van der Waals surface area contributed by atoms with Crippen molar-refractivity contribution in [3.05, 3.63) is 59.7 Å². The number of carbonyl (C=O) groups excluding carboxylic acids is 2. The van der Waals surface area contributed by atoms with E-state index in [1.807, 2.05) is 0 Å². The fourth-order valence-electron chi connectivity index (χ4n) is 2.62. The molecule has 0 radical (unpaired) electrons. The quantitative estimate of drug-likeness (QED) is 0.766. The highest BCUT2D eigenvalue weighted by atomic mass is 19.4. The van der Waals surface area contributed by atoms with Crippen LogP contribution in [0, 0.1) is 0 Å². The molecule has 5 nitrogen and oxygen atoms in total. The van der Waals surface area contributed by atoms with Crippen molar-refractivity contribution in [3.8, 4) is 5.75 Å². The van der Waals surface area contributed by atoms with Gasteiger partial charge in [0.25, 0.3) is 5.91 Å². The Bertz CT molecular complexity index is 837. The van der Waals surface area contributed by atoms with Gasteiger partial charge < -0.3 is 15.0 Å². The molecule has 0 aliphatic heterocycles. The highest BCUT2D eigenvalue weighted by Gasteiger charge is 2.33. The number of likely N-dealkylation sites (N-methyl/N-ethyl adjacent to an activating group) is 1. The van der Waals surface area contributed by atoms with Crippen molar-refractivity contribution < 1.29 is 27.5 Å². The van der Waals surface area contributed by atoms with E-state index in [-0.39, 0.29) is 24.3 Å². The van der Waals surface area contributed by atoms with Gasteiger partial charge in [-0.3, -0.25) is 9.59 Å². The number of alkyl halides is 3. The normalized spacial score (nSPS) is 11.0. The van der Waals surface area contributed by atoms with Crippen molar-refractivity contribution >= 4 is 17.5 Å². The third-order valence-corrected chi connectivity index (χ3v) is 3.93. The van der Waals surface area contributed by atoms with Gasteiger partial charge in [0.05, 0.1) is 23.4 Å². The van der Waals surface area contributed by atoms with Gasteiger partial charge in [-0.15, -0.1) is 0 Å². The number of carbonyl (C=O) groups is 2. The molecule has 8 heteroatoms. The predicted octanol–water partition coefficient (Wildman–Crippen LogP) is 4.20. The molecule has 0 heterocycles. The summed E-state index contributed by atoms with van der Waals surface area (Å²) >= 11 is 0. The minimum atomic E-state index is -4.60. The average molecular weight is 394 g/mol. The van der Waals surface area contributed by atoms with Crippen LogP contribution in [0.3, 0.4) is 0 Å². The highest BCUT2D eigenvalue weighted by molar-refractivity contribution is 6.01. The SMILES string of the molecule is CCOc1ccccc1C(=O)N(CC)CC(=O)Nc1ccccc1C(F)(F)F. The lowest BCUT2D eigenvalue weighted by Crippen LogP contribution is -2.38. The maximum Gasteiger partial charge on any atom is 0.418 e. The molecular formula is C20H21F3N2O3. The van der Waals surface area contributed by atoms with E-state index >= 15 is 0 Å². The van der Waals surface area contributed by atoms with Crippen LogP contribution < -0.4 is 10.1 Å². The van der Waals surface area contributed by atoms with Crippen LogP contribution in [0.1, 0.15) is 29.8 Å². The van der Waals surface area contributed by atoms with E-state index < -0.39 is 23.6 Å². The molecule has 0 fully saturated rings. The zero-order valence-electron chi connectivity index (χ0n) is 15.5. The fraction of sp³-hybridized carbons (Fsp3) is 0.300. The molecule has 0 aliphatic carbocycles. The Balaban J connectivity index is 2.16. The van der Waals surface area contributed by atoms with Crippen LogP contribution in [0.4, 0.5) is 18.9 Å². The third kappa shape index (κ3) is 5.25. The number of hydrogen-bond donors (Lipinski definition) is 1. The lowest BCUT2D eigenvalue weighted by atomic mass is 10.1. The molecule has 2 amide bonds. The first-order valence-electron chi connectivity index (χ1n) is 8.75. The summed E-state index contributed by atoms with van der Waals surface area (Å²) in [6.45, 7) is 3.64. The molecule has 0 unspecified atom stereocenters. The molecule has 2 aromatic rings. The maximum atomic E-state index is 13.1. The number of rotatable bonds is 7. The van der Waals surface area contributed by atoms with Crippen LogP contribution in [0.5, 0.6) is 5.75 Å². The number of para-hydroxylation sites is 2. The van der Waals surface area contributed by atoms with Gasteiger partial charge >= 0.3 is 6.18 Å². The number of benzene rings is 2. The summed E-state index contributed by atoms with van der Waals surface area (Å²) in [5.41, 5.74) is -1.01. The van der Waals surface area contributed by atoms with Crippen LogP contribution in [0.25, 0.3) is 0 Å². The number of nitrogens with zero attached hydrogens (tertiary/aromatic N) is 1. The van der Waals surface area contributed by atoms with Gasteiger partial charge in [0.2, 0.25) is 5.91 Å². The third-order valence-electron chi connectivity index (χ3n) is 3.93. The van der Waals surface area contributed by atoms with Gasteiger partial charge in [-0.1, -0.05) is 24.3 Å².